The van der Waals surface area contributed by atoms with Gasteiger partial charge in [-0.3, -0.25) is 4.90 Å². The third kappa shape index (κ3) is 4.10. The van der Waals surface area contributed by atoms with E-state index in [1.165, 1.54) is 37.8 Å². The van der Waals surface area contributed by atoms with Gasteiger partial charge in [0.1, 0.15) is 11.5 Å². The van der Waals surface area contributed by atoms with Crippen molar-refractivity contribution in [1.82, 2.24) is 10.2 Å². The smallest absolute Gasteiger partial charge is 0.118 e. The first kappa shape index (κ1) is 15.6. The molecule has 2 heterocycles. The Labute approximate surface area is 123 Å². The molecule has 1 atom stereocenters. The maximum absolute atomic E-state index is 5.89. The van der Waals surface area contributed by atoms with Crippen molar-refractivity contribution in [2.75, 3.05) is 6.54 Å². The highest BCUT2D eigenvalue weighted by Gasteiger charge is 2.22. The lowest BCUT2D eigenvalue weighted by molar-refractivity contribution is 0.135. The largest absolute Gasteiger partial charge is 0.465 e. The Hall–Kier alpha value is -0.800. The molecule has 0 radical (unpaired) electrons. The molecule has 0 aliphatic carbocycles. The van der Waals surface area contributed by atoms with E-state index >= 15 is 0 Å². The summed E-state index contributed by atoms with van der Waals surface area (Å²) in [5, 5.41) is 3.42. The maximum Gasteiger partial charge on any atom is 0.118 e. The zero-order valence-corrected chi connectivity index (χ0v) is 13.5. The van der Waals surface area contributed by atoms with Gasteiger partial charge in [-0.15, -0.1) is 0 Å². The van der Waals surface area contributed by atoms with Crippen LogP contribution in [0.3, 0.4) is 0 Å². The molecule has 1 saturated heterocycles. The van der Waals surface area contributed by atoms with Crippen LogP contribution in [0.1, 0.15) is 63.5 Å². The van der Waals surface area contributed by atoms with E-state index in [4.69, 9.17) is 4.42 Å². The van der Waals surface area contributed by atoms with Crippen LogP contribution in [0.15, 0.2) is 10.5 Å². The number of nitrogens with zero attached hydrogens (tertiary/aromatic N) is 1. The van der Waals surface area contributed by atoms with Crippen LogP contribution in [0.5, 0.6) is 0 Å². The van der Waals surface area contributed by atoms with Crippen LogP contribution in [-0.4, -0.2) is 23.5 Å². The first-order valence-electron chi connectivity index (χ1n) is 8.15. The number of piperidine rings is 1. The molecule has 1 N–H and O–H groups in total. The molecular weight excluding hydrogens is 248 g/mol. The summed E-state index contributed by atoms with van der Waals surface area (Å²) in [7, 11) is 0. The first-order chi connectivity index (χ1) is 9.60. The Bertz CT molecular complexity index is 411. The van der Waals surface area contributed by atoms with Gasteiger partial charge in [0.25, 0.3) is 0 Å². The van der Waals surface area contributed by atoms with E-state index in [0.29, 0.717) is 6.04 Å². The Kier molecular flexibility index (Phi) is 5.67. The monoisotopic (exact) mass is 278 g/mol. The quantitative estimate of drug-likeness (QED) is 0.856. The SMILES string of the molecule is CCC1CCCCN1Cc1cc(CNC(C)C)oc1C. The normalized spacial score (nSPS) is 20.8. The summed E-state index contributed by atoms with van der Waals surface area (Å²) in [6.07, 6.45) is 5.35. The Morgan fingerprint density at radius 2 is 2.20 bits per heavy atom. The lowest BCUT2D eigenvalue weighted by atomic mass is 9.99. The fourth-order valence-electron chi connectivity index (χ4n) is 3.09. The Morgan fingerprint density at radius 1 is 1.40 bits per heavy atom. The van der Waals surface area contributed by atoms with Crippen molar-refractivity contribution < 1.29 is 4.42 Å². The van der Waals surface area contributed by atoms with Crippen molar-refractivity contribution in [3.8, 4) is 0 Å². The van der Waals surface area contributed by atoms with Crippen LogP contribution < -0.4 is 5.32 Å². The van der Waals surface area contributed by atoms with Crippen LogP contribution in [0.25, 0.3) is 0 Å². The zero-order chi connectivity index (χ0) is 14.5. The van der Waals surface area contributed by atoms with Gasteiger partial charge >= 0.3 is 0 Å². The van der Waals surface area contributed by atoms with E-state index in [1.54, 1.807) is 0 Å². The summed E-state index contributed by atoms with van der Waals surface area (Å²) >= 11 is 0. The van der Waals surface area contributed by atoms with Crippen LogP contribution >= 0.6 is 0 Å². The molecule has 2 rings (SSSR count). The third-order valence-electron chi connectivity index (χ3n) is 4.35. The molecule has 1 aliphatic heterocycles. The van der Waals surface area contributed by atoms with Gasteiger partial charge in [0.2, 0.25) is 0 Å². The van der Waals surface area contributed by atoms with Crippen molar-refractivity contribution in [3.63, 3.8) is 0 Å². The molecule has 20 heavy (non-hydrogen) atoms. The van der Waals surface area contributed by atoms with Crippen LogP contribution in [0.2, 0.25) is 0 Å². The molecule has 114 valence electrons. The predicted molar refractivity (Wildman–Crippen MR) is 83.8 cm³/mol. The van der Waals surface area contributed by atoms with Crippen LogP contribution in [0, 0.1) is 6.92 Å². The summed E-state index contributed by atoms with van der Waals surface area (Å²) in [6.45, 7) is 11.9. The number of nitrogens with one attached hydrogen (secondary N) is 1. The summed E-state index contributed by atoms with van der Waals surface area (Å²) in [6, 6.07) is 3.50. The van der Waals surface area contributed by atoms with E-state index in [9.17, 15) is 0 Å². The molecule has 0 bridgehead atoms. The molecule has 1 aliphatic rings. The summed E-state index contributed by atoms with van der Waals surface area (Å²) in [5.41, 5.74) is 1.37. The minimum absolute atomic E-state index is 0.496. The second-order valence-corrected chi connectivity index (χ2v) is 6.36. The van der Waals surface area contributed by atoms with Crippen molar-refractivity contribution >= 4 is 0 Å². The van der Waals surface area contributed by atoms with Gasteiger partial charge in [0.05, 0.1) is 6.54 Å². The fraction of sp³-hybridized carbons (Fsp3) is 0.765. The molecule has 0 spiro atoms. The summed E-state index contributed by atoms with van der Waals surface area (Å²) in [4.78, 5) is 2.64. The molecule has 3 nitrogen and oxygen atoms in total. The Balaban J connectivity index is 1.97. The van der Waals surface area contributed by atoms with E-state index in [1.807, 2.05) is 0 Å². The number of hydrogen-bond acceptors (Lipinski definition) is 3. The minimum atomic E-state index is 0.496. The highest BCUT2D eigenvalue weighted by molar-refractivity contribution is 5.21. The zero-order valence-electron chi connectivity index (χ0n) is 13.5. The lowest BCUT2D eigenvalue weighted by Crippen LogP contribution is -2.38. The average Bonchev–Trinajstić information content (AvgIpc) is 2.78. The molecule has 0 aromatic carbocycles. The number of likely N-dealkylation sites (tertiary alicyclic amines) is 1. The topological polar surface area (TPSA) is 28.4 Å². The molecule has 1 aromatic rings. The standard InChI is InChI=1S/C17H30N2O/c1-5-16-8-6-7-9-19(16)12-15-10-17(20-14(15)4)11-18-13(2)3/h10,13,16,18H,5-9,11-12H2,1-4H3. The van der Waals surface area contributed by atoms with Gasteiger partial charge in [0.15, 0.2) is 0 Å². The molecule has 1 aromatic heterocycles. The van der Waals surface area contributed by atoms with Crippen LogP contribution in [0.4, 0.5) is 0 Å². The van der Waals surface area contributed by atoms with Crippen molar-refractivity contribution in [2.45, 2.75) is 78.6 Å². The van der Waals surface area contributed by atoms with E-state index in [0.717, 1.165) is 30.7 Å². The Morgan fingerprint density at radius 3 is 2.90 bits per heavy atom. The summed E-state index contributed by atoms with van der Waals surface area (Å²) < 4.78 is 5.89. The van der Waals surface area contributed by atoms with E-state index in [-0.39, 0.29) is 0 Å². The second-order valence-electron chi connectivity index (χ2n) is 6.36. The highest BCUT2D eigenvalue weighted by Crippen LogP contribution is 2.24. The van der Waals surface area contributed by atoms with Gasteiger partial charge < -0.3 is 9.73 Å². The number of furan rings is 1. The van der Waals surface area contributed by atoms with Gasteiger partial charge in [-0.25, -0.2) is 0 Å². The molecule has 3 heteroatoms. The van der Waals surface area contributed by atoms with Gasteiger partial charge in [0, 0.05) is 24.2 Å². The minimum Gasteiger partial charge on any atom is -0.465 e. The van der Waals surface area contributed by atoms with Gasteiger partial charge in [-0.1, -0.05) is 27.2 Å². The first-order valence-corrected chi connectivity index (χ1v) is 8.15. The summed E-state index contributed by atoms with van der Waals surface area (Å²) in [5.74, 6) is 2.15. The van der Waals surface area contributed by atoms with Crippen molar-refractivity contribution in [2.24, 2.45) is 0 Å². The lowest BCUT2D eigenvalue weighted by Gasteiger charge is -2.35. The molecule has 1 unspecified atom stereocenters. The second kappa shape index (κ2) is 7.28. The van der Waals surface area contributed by atoms with Crippen LogP contribution in [-0.2, 0) is 13.1 Å². The molecule has 0 saturated carbocycles. The predicted octanol–water partition coefficient (Wildman–Crippen LogP) is 3.85. The molecular formula is C17H30N2O. The van der Waals surface area contributed by atoms with E-state index in [2.05, 4.69) is 44.0 Å². The number of rotatable bonds is 6. The van der Waals surface area contributed by atoms with Crippen molar-refractivity contribution in [3.05, 3.63) is 23.2 Å². The highest BCUT2D eigenvalue weighted by atomic mass is 16.3. The fourth-order valence-corrected chi connectivity index (χ4v) is 3.09. The van der Waals surface area contributed by atoms with Gasteiger partial charge in [-0.2, -0.15) is 0 Å². The van der Waals surface area contributed by atoms with Crippen molar-refractivity contribution in [1.29, 1.82) is 0 Å². The van der Waals surface area contributed by atoms with Gasteiger partial charge in [-0.05, 0) is 38.8 Å². The number of aryl methyl sites for hydroxylation is 1. The van der Waals surface area contributed by atoms with E-state index < -0.39 is 0 Å². The molecule has 1 fully saturated rings. The molecule has 0 amide bonds. The maximum atomic E-state index is 5.89. The number of hydrogen-bond donors (Lipinski definition) is 1. The average molecular weight is 278 g/mol. The third-order valence-corrected chi connectivity index (χ3v) is 4.35.